The van der Waals surface area contributed by atoms with Gasteiger partial charge in [0.1, 0.15) is 0 Å². The monoisotopic (exact) mass is 284 g/mol. The van der Waals surface area contributed by atoms with Crippen molar-refractivity contribution in [3.63, 3.8) is 0 Å². The molecule has 2 aromatic carbocycles. The van der Waals surface area contributed by atoms with Gasteiger partial charge in [0.25, 0.3) is 0 Å². The maximum absolute atomic E-state index is 2.23. The Morgan fingerprint density at radius 3 is 1.43 bits per heavy atom. The molecule has 0 amide bonds. The van der Waals surface area contributed by atoms with Gasteiger partial charge in [-0.3, -0.25) is 0 Å². The van der Waals surface area contributed by atoms with Crippen LogP contribution in [0.15, 0.2) is 48.5 Å². The zero-order chi connectivity index (χ0) is 16.1. The van der Waals surface area contributed by atoms with Gasteiger partial charge in [-0.1, -0.05) is 102 Å². The van der Waals surface area contributed by atoms with E-state index >= 15 is 0 Å². The fourth-order valence-electron chi connectivity index (χ4n) is 1.90. The van der Waals surface area contributed by atoms with E-state index in [1.165, 1.54) is 41.5 Å². The van der Waals surface area contributed by atoms with Crippen LogP contribution in [0.3, 0.4) is 0 Å². The Hall–Kier alpha value is -1.56. The minimum Gasteiger partial charge on any atom is -0.0683 e. The maximum atomic E-state index is 2.23. The van der Waals surface area contributed by atoms with Gasteiger partial charge in [0.05, 0.1) is 0 Å². The van der Waals surface area contributed by atoms with E-state index in [1.54, 1.807) is 0 Å². The second-order valence-electron chi connectivity index (χ2n) is 5.02. The van der Waals surface area contributed by atoms with Crippen LogP contribution in [-0.2, 0) is 6.42 Å². The lowest BCUT2D eigenvalue weighted by molar-refractivity contribution is 0.922. The second-order valence-corrected chi connectivity index (χ2v) is 5.02. The Kier molecular flexibility index (Phi) is 11.3. The van der Waals surface area contributed by atoms with E-state index in [4.69, 9.17) is 0 Å². The molecular weight excluding hydrogens is 252 g/mol. The zero-order valence-electron chi connectivity index (χ0n) is 14.7. The van der Waals surface area contributed by atoms with Crippen molar-refractivity contribution in [2.75, 3.05) is 0 Å². The van der Waals surface area contributed by atoms with E-state index in [1.807, 2.05) is 13.8 Å². The first kappa shape index (κ1) is 19.4. The zero-order valence-corrected chi connectivity index (χ0v) is 14.7. The van der Waals surface area contributed by atoms with Gasteiger partial charge in [0, 0.05) is 0 Å². The Bertz CT molecular complexity index is 448. The van der Waals surface area contributed by atoms with Crippen molar-refractivity contribution < 1.29 is 0 Å². The van der Waals surface area contributed by atoms with Crippen LogP contribution in [-0.4, -0.2) is 0 Å². The molecule has 0 spiro atoms. The van der Waals surface area contributed by atoms with Crippen molar-refractivity contribution in [2.45, 2.75) is 60.8 Å². The van der Waals surface area contributed by atoms with Crippen molar-refractivity contribution in [1.29, 1.82) is 0 Å². The molecule has 0 aliphatic rings. The lowest BCUT2D eigenvalue weighted by Crippen LogP contribution is -1.83. The molecule has 0 aliphatic heterocycles. The fraction of sp³-hybridized carbons (Fsp3) is 0.429. The lowest BCUT2D eigenvalue weighted by Gasteiger charge is -2.04. The van der Waals surface area contributed by atoms with Crippen LogP contribution in [0.5, 0.6) is 0 Å². The molecule has 0 unspecified atom stereocenters. The SMILES string of the molecule is CC.CCC.CCCc1ccc(-c2ccc(C)cc2)cc1. The summed E-state index contributed by atoms with van der Waals surface area (Å²) in [5.74, 6) is 0. The highest BCUT2D eigenvalue weighted by molar-refractivity contribution is 5.63. The van der Waals surface area contributed by atoms with Crippen molar-refractivity contribution in [3.8, 4) is 11.1 Å². The van der Waals surface area contributed by atoms with Gasteiger partial charge >= 0.3 is 0 Å². The molecule has 0 fully saturated rings. The molecule has 21 heavy (non-hydrogen) atoms. The summed E-state index contributed by atoms with van der Waals surface area (Å²) in [6.07, 6.45) is 3.64. The Labute approximate surface area is 132 Å². The molecule has 2 rings (SSSR count). The first-order valence-corrected chi connectivity index (χ1v) is 8.37. The minimum atomic E-state index is 1.17. The largest absolute Gasteiger partial charge is 0.0683 e. The molecule has 0 heterocycles. The molecule has 0 nitrogen and oxygen atoms in total. The third kappa shape index (κ3) is 7.70. The van der Waals surface area contributed by atoms with Crippen LogP contribution in [0.2, 0.25) is 0 Å². The predicted octanol–water partition coefficient (Wildman–Crippen LogP) is 7.06. The first-order valence-electron chi connectivity index (χ1n) is 8.37. The van der Waals surface area contributed by atoms with Crippen molar-refractivity contribution in [2.24, 2.45) is 0 Å². The number of hydrogen-bond donors (Lipinski definition) is 0. The van der Waals surface area contributed by atoms with E-state index in [2.05, 4.69) is 76.2 Å². The van der Waals surface area contributed by atoms with E-state index < -0.39 is 0 Å². The summed E-state index contributed by atoms with van der Waals surface area (Å²) < 4.78 is 0. The molecule has 0 aromatic heterocycles. The number of benzene rings is 2. The summed E-state index contributed by atoms with van der Waals surface area (Å²) in [5.41, 5.74) is 5.35. The van der Waals surface area contributed by atoms with Gasteiger partial charge in [0.15, 0.2) is 0 Å². The van der Waals surface area contributed by atoms with Gasteiger partial charge in [-0.05, 0) is 30.0 Å². The molecule has 0 saturated heterocycles. The van der Waals surface area contributed by atoms with E-state index in [-0.39, 0.29) is 0 Å². The van der Waals surface area contributed by atoms with Crippen molar-refractivity contribution in [1.82, 2.24) is 0 Å². The lowest BCUT2D eigenvalue weighted by atomic mass is 10.0. The van der Waals surface area contributed by atoms with Crippen LogP contribution in [0.4, 0.5) is 0 Å². The van der Waals surface area contributed by atoms with Crippen LogP contribution in [0.25, 0.3) is 11.1 Å². The molecule has 0 atom stereocenters. The summed E-state index contributed by atoms with van der Waals surface area (Å²) in [6, 6.07) is 17.6. The Morgan fingerprint density at radius 1 is 0.667 bits per heavy atom. The number of hydrogen-bond acceptors (Lipinski definition) is 0. The summed E-state index contributed by atoms with van der Waals surface area (Å²) >= 11 is 0. The van der Waals surface area contributed by atoms with Crippen LogP contribution in [0, 0.1) is 6.92 Å². The average molecular weight is 284 g/mol. The summed E-state index contributed by atoms with van der Waals surface area (Å²) in [7, 11) is 0. The van der Waals surface area contributed by atoms with E-state index in [0.717, 1.165) is 0 Å². The van der Waals surface area contributed by atoms with Crippen LogP contribution in [0.1, 0.15) is 58.6 Å². The third-order valence-corrected chi connectivity index (χ3v) is 2.88. The predicted molar refractivity (Wildman–Crippen MR) is 97.9 cm³/mol. The minimum absolute atomic E-state index is 1.17. The molecule has 0 bridgehead atoms. The van der Waals surface area contributed by atoms with Gasteiger partial charge in [-0.15, -0.1) is 0 Å². The van der Waals surface area contributed by atoms with Gasteiger partial charge in [0.2, 0.25) is 0 Å². The second kappa shape index (κ2) is 12.2. The van der Waals surface area contributed by atoms with E-state index in [9.17, 15) is 0 Å². The fourth-order valence-corrected chi connectivity index (χ4v) is 1.90. The Morgan fingerprint density at radius 2 is 1.05 bits per heavy atom. The standard InChI is InChI=1S/C16H18.C3H8.C2H6/c1-3-4-14-7-11-16(12-8-14)15-9-5-13(2)6-10-15;1-3-2;1-2/h5-12H,3-4H2,1-2H3;3H2,1-2H3;1-2H3. The van der Waals surface area contributed by atoms with Gasteiger partial charge in [-0.2, -0.15) is 0 Å². The molecule has 116 valence electrons. The highest BCUT2D eigenvalue weighted by Crippen LogP contribution is 2.20. The highest BCUT2D eigenvalue weighted by Gasteiger charge is 1.97. The molecule has 0 saturated carbocycles. The summed E-state index contributed by atoms with van der Waals surface area (Å²) in [4.78, 5) is 0. The van der Waals surface area contributed by atoms with Crippen molar-refractivity contribution >= 4 is 0 Å². The van der Waals surface area contributed by atoms with E-state index in [0.29, 0.717) is 0 Å². The molecule has 0 heteroatoms. The summed E-state index contributed by atoms with van der Waals surface area (Å²) in [5, 5.41) is 0. The molecule has 0 radical (unpaired) electrons. The van der Waals surface area contributed by atoms with Gasteiger partial charge in [-0.25, -0.2) is 0 Å². The van der Waals surface area contributed by atoms with Crippen molar-refractivity contribution in [3.05, 3.63) is 59.7 Å². The number of aryl methyl sites for hydroxylation is 2. The normalized spacial score (nSPS) is 9.05. The topological polar surface area (TPSA) is 0 Å². The third-order valence-electron chi connectivity index (χ3n) is 2.88. The molecular formula is C21H32. The quantitative estimate of drug-likeness (QED) is 0.566. The number of rotatable bonds is 3. The van der Waals surface area contributed by atoms with Crippen LogP contribution >= 0.6 is 0 Å². The molecule has 2 aromatic rings. The average Bonchev–Trinajstić information content (AvgIpc) is 2.52. The molecule has 0 N–H and O–H groups in total. The highest BCUT2D eigenvalue weighted by atomic mass is 14.0. The Balaban J connectivity index is 0.000000713. The van der Waals surface area contributed by atoms with Gasteiger partial charge < -0.3 is 0 Å². The maximum Gasteiger partial charge on any atom is -0.0184 e. The summed E-state index contributed by atoms with van der Waals surface area (Å²) in [6.45, 7) is 12.6. The molecule has 0 aliphatic carbocycles. The van der Waals surface area contributed by atoms with Crippen LogP contribution < -0.4 is 0 Å². The first-order chi connectivity index (χ1) is 10.2. The smallest absolute Gasteiger partial charge is 0.0184 e.